The summed E-state index contributed by atoms with van der Waals surface area (Å²) in [4.78, 5) is 24.0. The molecule has 0 fully saturated rings. The Kier molecular flexibility index (Phi) is 4.08. The fraction of sp³-hybridized carbons (Fsp3) is 0.158. The largest absolute Gasteiger partial charge is 0.451 e. The highest BCUT2D eigenvalue weighted by molar-refractivity contribution is 6.06. The minimum Gasteiger partial charge on any atom is -0.451 e. The van der Waals surface area contributed by atoms with Crippen LogP contribution in [0.5, 0.6) is 0 Å². The number of hydrogen-bond donors (Lipinski definition) is 2. The van der Waals surface area contributed by atoms with Gasteiger partial charge in [0, 0.05) is 29.2 Å². The molecule has 5 heteroatoms. The maximum Gasteiger partial charge on any atom is 0.291 e. The Morgan fingerprint density at radius 1 is 0.958 bits per heavy atom. The van der Waals surface area contributed by atoms with Crippen LogP contribution in [0.25, 0.3) is 11.0 Å². The highest BCUT2D eigenvalue weighted by atomic mass is 16.3. The molecule has 1 heterocycles. The van der Waals surface area contributed by atoms with E-state index in [2.05, 4.69) is 10.6 Å². The van der Waals surface area contributed by atoms with Crippen molar-refractivity contribution in [2.24, 2.45) is 0 Å². The van der Waals surface area contributed by atoms with Crippen molar-refractivity contribution in [1.29, 1.82) is 0 Å². The first-order valence-electron chi connectivity index (χ1n) is 7.63. The summed E-state index contributed by atoms with van der Waals surface area (Å²) in [6, 6.07) is 12.5. The lowest BCUT2D eigenvalue weighted by molar-refractivity contribution is 0.0962. The third-order valence-corrected chi connectivity index (χ3v) is 3.93. The minimum absolute atomic E-state index is 0.170. The Morgan fingerprint density at radius 2 is 1.67 bits per heavy atom. The van der Waals surface area contributed by atoms with Crippen LogP contribution >= 0.6 is 0 Å². The molecule has 122 valence electrons. The van der Waals surface area contributed by atoms with Gasteiger partial charge in [-0.1, -0.05) is 12.1 Å². The molecule has 0 radical (unpaired) electrons. The van der Waals surface area contributed by atoms with Crippen molar-refractivity contribution >= 4 is 28.5 Å². The smallest absolute Gasteiger partial charge is 0.291 e. The van der Waals surface area contributed by atoms with Crippen LogP contribution in [-0.2, 0) is 0 Å². The van der Waals surface area contributed by atoms with Gasteiger partial charge in [0.2, 0.25) is 0 Å². The first kappa shape index (κ1) is 15.8. The van der Waals surface area contributed by atoms with Crippen molar-refractivity contribution in [3.8, 4) is 0 Å². The van der Waals surface area contributed by atoms with Gasteiger partial charge < -0.3 is 15.1 Å². The summed E-state index contributed by atoms with van der Waals surface area (Å²) in [5, 5.41) is 6.28. The lowest BCUT2D eigenvalue weighted by Gasteiger charge is -2.05. The summed E-state index contributed by atoms with van der Waals surface area (Å²) >= 11 is 0. The van der Waals surface area contributed by atoms with Gasteiger partial charge in [0.25, 0.3) is 11.8 Å². The van der Waals surface area contributed by atoms with Crippen LogP contribution < -0.4 is 10.6 Å². The van der Waals surface area contributed by atoms with Gasteiger partial charge in [-0.25, -0.2) is 0 Å². The third-order valence-electron chi connectivity index (χ3n) is 3.93. The predicted molar refractivity (Wildman–Crippen MR) is 93.5 cm³/mol. The number of hydrogen-bond acceptors (Lipinski definition) is 3. The molecule has 0 bridgehead atoms. The first-order valence-corrected chi connectivity index (χ1v) is 7.63. The van der Waals surface area contributed by atoms with Crippen LogP contribution in [0, 0.1) is 13.8 Å². The monoisotopic (exact) mass is 322 g/mol. The Morgan fingerprint density at radius 3 is 2.33 bits per heavy atom. The van der Waals surface area contributed by atoms with Crippen molar-refractivity contribution in [3.63, 3.8) is 0 Å². The van der Waals surface area contributed by atoms with E-state index in [9.17, 15) is 9.59 Å². The highest BCUT2D eigenvalue weighted by Crippen LogP contribution is 2.26. The number of furan rings is 1. The lowest BCUT2D eigenvalue weighted by atomic mass is 10.1. The van der Waals surface area contributed by atoms with E-state index < -0.39 is 0 Å². The third kappa shape index (κ3) is 2.88. The highest BCUT2D eigenvalue weighted by Gasteiger charge is 2.18. The molecule has 2 amide bonds. The fourth-order valence-corrected chi connectivity index (χ4v) is 2.59. The van der Waals surface area contributed by atoms with Crippen molar-refractivity contribution in [3.05, 3.63) is 64.9 Å². The average molecular weight is 322 g/mol. The van der Waals surface area contributed by atoms with Gasteiger partial charge in [0.1, 0.15) is 5.58 Å². The molecule has 0 unspecified atom stereocenters. The van der Waals surface area contributed by atoms with Gasteiger partial charge in [-0.15, -0.1) is 0 Å². The number of anilines is 1. The number of aryl methyl sites for hydroxylation is 2. The molecule has 0 saturated carbocycles. The van der Waals surface area contributed by atoms with E-state index >= 15 is 0 Å². The molecule has 0 spiro atoms. The molecule has 2 N–H and O–H groups in total. The Bertz CT molecular complexity index is 924. The summed E-state index contributed by atoms with van der Waals surface area (Å²) in [7, 11) is 1.57. The zero-order chi connectivity index (χ0) is 17.3. The predicted octanol–water partition coefficient (Wildman–Crippen LogP) is 3.66. The Labute approximate surface area is 139 Å². The van der Waals surface area contributed by atoms with Crippen LogP contribution in [0.3, 0.4) is 0 Å². The fourth-order valence-electron chi connectivity index (χ4n) is 2.59. The van der Waals surface area contributed by atoms with Gasteiger partial charge >= 0.3 is 0 Å². The lowest BCUT2D eigenvalue weighted by Crippen LogP contribution is -2.18. The summed E-state index contributed by atoms with van der Waals surface area (Å²) in [6.45, 7) is 3.84. The normalized spacial score (nSPS) is 10.6. The van der Waals surface area contributed by atoms with Crippen molar-refractivity contribution in [1.82, 2.24) is 5.32 Å². The van der Waals surface area contributed by atoms with Crippen LogP contribution in [0.15, 0.2) is 46.9 Å². The number of carbonyl (C=O) groups excluding carboxylic acids is 2. The van der Waals surface area contributed by atoms with Gasteiger partial charge in [0.05, 0.1) is 0 Å². The molecule has 3 rings (SSSR count). The van der Waals surface area contributed by atoms with Crippen LogP contribution in [-0.4, -0.2) is 18.9 Å². The molecule has 0 atom stereocenters. The van der Waals surface area contributed by atoms with Crippen LogP contribution in [0.2, 0.25) is 0 Å². The maximum absolute atomic E-state index is 12.5. The van der Waals surface area contributed by atoms with E-state index in [0.29, 0.717) is 22.6 Å². The van der Waals surface area contributed by atoms with Crippen molar-refractivity contribution in [2.45, 2.75) is 13.8 Å². The van der Waals surface area contributed by atoms with Crippen molar-refractivity contribution < 1.29 is 14.0 Å². The van der Waals surface area contributed by atoms with E-state index in [-0.39, 0.29) is 11.8 Å². The Balaban J connectivity index is 1.85. The van der Waals surface area contributed by atoms with E-state index in [1.165, 1.54) is 0 Å². The number of amides is 2. The molecular formula is C19H18N2O3. The molecule has 1 aromatic heterocycles. The van der Waals surface area contributed by atoms with Gasteiger partial charge in [-0.2, -0.15) is 0 Å². The molecule has 24 heavy (non-hydrogen) atoms. The molecule has 2 aromatic carbocycles. The number of fused-ring (bicyclic) bond motifs is 1. The van der Waals surface area contributed by atoms with E-state index in [1.807, 2.05) is 32.0 Å². The maximum atomic E-state index is 12.5. The second-order valence-electron chi connectivity index (χ2n) is 5.67. The Hall–Kier alpha value is -3.08. The topological polar surface area (TPSA) is 71.3 Å². The van der Waals surface area contributed by atoms with E-state index in [1.54, 1.807) is 31.3 Å². The summed E-state index contributed by atoms with van der Waals surface area (Å²) < 4.78 is 5.72. The SMILES string of the molecule is CNC(=O)c1ccc(NC(=O)c2oc3cc(C)ccc3c2C)cc1. The molecule has 3 aromatic rings. The molecule has 0 aliphatic carbocycles. The number of carbonyl (C=O) groups is 2. The molecular weight excluding hydrogens is 304 g/mol. The number of benzene rings is 2. The van der Waals surface area contributed by atoms with E-state index in [0.717, 1.165) is 16.5 Å². The second-order valence-corrected chi connectivity index (χ2v) is 5.67. The molecule has 0 aliphatic rings. The first-order chi connectivity index (χ1) is 11.5. The minimum atomic E-state index is -0.311. The number of nitrogens with one attached hydrogen (secondary N) is 2. The molecule has 0 aliphatic heterocycles. The number of rotatable bonds is 3. The quantitative estimate of drug-likeness (QED) is 0.773. The van der Waals surface area contributed by atoms with Gasteiger partial charge in [-0.05, 0) is 49.7 Å². The summed E-state index contributed by atoms with van der Waals surface area (Å²) in [5.41, 5.74) is 3.72. The summed E-state index contributed by atoms with van der Waals surface area (Å²) in [5.74, 6) is -0.184. The second kappa shape index (κ2) is 6.20. The van der Waals surface area contributed by atoms with E-state index in [4.69, 9.17) is 4.42 Å². The standard InChI is InChI=1S/C19H18N2O3/c1-11-4-9-15-12(2)17(24-16(15)10-11)19(23)21-14-7-5-13(6-8-14)18(22)20-3/h4-10H,1-3H3,(H,20,22)(H,21,23). The summed E-state index contributed by atoms with van der Waals surface area (Å²) in [6.07, 6.45) is 0. The zero-order valence-corrected chi connectivity index (χ0v) is 13.8. The molecule has 0 saturated heterocycles. The molecule has 5 nitrogen and oxygen atoms in total. The van der Waals surface area contributed by atoms with Gasteiger partial charge in [0.15, 0.2) is 5.76 Å². The van der Waals surface area contributed by atoms with Crippen LogP contribution in [0.1, 0.15) is 32.0 Å². The average Bonchev–Trinajstić information content (AvgIpc) is 2.91. The van der Waals surface area contributed by atoms with Crippen molar-refractivity contribution in [2.75, 3.05) is 12.4 Å². The van der Waals surface area contributed by atoms with Crippen LogP contribution in [0.4, 0.5) is 5.69 Å². The zero-order valence-electron chi connectivity index (χ0n) is 13.8. The van der Waals surface area contributed by atoms with Gasteiger partial charge in [-0.3, -0.25) is 9.59 Å².